The summed E-state index contributed by atoms with van der Waals surface area (Å²) >= 11 is 0. The third-order valence-electron chi connectivity index (χ3n) is 5.32. The minimum Gasteiger partial charge on any atom is -0.428 e. The summed E-state index contributed by atoms with van der Waals surface area (Å²) in [6.07, 6.45) is 4.92. The molecule has 2 aromatic rings. The minimum absolute atomic E-state index is 0.0533. The Morgan fingerprint density at radius 2 is 1.83 bits per heavy atom. The Hall–Kier alpha value is -1.76. The van der Waals surface area contributed by atoms with Crippen LogP contribution in [0.4, 0.5) is 0 Å². The van der Waals surface area contributed by atoms with Crippen molar-refractivity contribution in [2.45, 2.75) is 51.7 Å². The van der Waals surface area contributed by atoms with Gasteiger partial charge in [0, 0.05) is 31.9 Å². The fourth-order valence-corrected chi connectivity index (χ4v) is 4.71. The molecule has 0 bridgehead atoms. The normalized spacial score (nSPS) is 13.6. The van der Waals surface area contributed by atoms with Crippen LogP contribution in [0.2, 0.25) is 13.1 Å². The molecule has 2 rings (SSSR count). The summed E-state index contributed by atoms with van der Waals surface area (Å²) in [5.74, 6) is 0.0533. The van der Waals surface area contributed by atoms with Crippen molar-refractivity contribution >= 4 is 27.1 Å². The summed E-state index contributed by atoms with van der Waals surface area (Å²) in [4.78, 5) is 31.8. The molecule has 1 aromatic heterocycles. The number of Topliss-reactive ketones (excluding diaryl/α,β-unsaturated/α-hetero) is 1. The lowest BCUT2D eigenvalue weighted by atomic mass is 10.1. The minimum atomic E-state index is -3.90. The quantitative estimate of drug-likeness (QED) is 0.117. The number of hydrogen-bond donors (Lipinski definition) is 2. The molecule has 0 aliphatic heterocycles. The van der Waals surface area contributed by atoms with Crippen molar-refractivity contribution in [1.29, 1.82) is 0 Å². The van der Waals surface area contributed by atoms with E-state index in [2.05, 4.69) is 14.8 Å². The first-order valence-electron chi connectivity index (χ1n) is 12.0. The summed E-state index contributed by atoms with van der Waals surface area (Å²) in [6, 6.07) is 7.28. The van der Waals surface area contributed by atoms with Crippen LogP contribution in [-0.4, -0.2) is 78.9 Å². The van der Waals surface area contributed by atoms with Gasteiger partial charge in [-0.3, -0.25) is 13.8 Å². The number of ketones is 1. The molecule has 202 valence electrons. The van der Waals surface area contributed by atoms with Gasteiger partial charge in [0.1, 0.15) is 0 Å². The van der Waals surface area contributed by atoms with Crippen LogP contribution in [0.1, 0.15) is 41.7 Å². The van der Waals surface area contributed by atoms with Crippen LogP contribution in [0, 0.1) is 0 Å². The van der Waals surface area contributed by atoms with Gasteiger partial charge in [-0.05, 0) is 50.0 Å². The molecule has 1 aromatic carbocycles. The zero-order chi connectivity index (χ0) is 26.4. The molecule has 0 spiro atoms. The Labute approximate surface area is 213 Å². The molecule has 1 heterocycles. The van der Waals surface area contributed by atoms with Gasteiger partial charge in [0.25, 0.3) is 0 Å². The molecular formula is C23H38N3O8PSi. The van der Waals surface area contributed by atoms with E-state index in [-0.39, 0.29) is 12.4 Å². The molecule has 13 heteroatoms. The molecule has 2 N–H and O–H groups in total. The number of aromatic nitrogens is 3. The van der Waals surface area contributed by atoms with Crippen LogP contribution in [0.3, 0.4) is 0 Å². The van der Waals surface area contributed by atoms with Crippen molar-refractivity contribution in [3.63, 3.8) is 0 Å². The first-order chi connectivity index (χ1) is 17.1. The van der Waals surface area contributed by atoms with Crippen LogP contribution < -0.4 is 5.19 Å². The number of hydrogen-bond acceptors (Lipinski definition) is 9. The molecule has 0 saturated carbocycles. The van der Waals surface area contributed by atoms with Gasteiger partial charge in [-0.2, -0.15) is 0 Å². The van der Waals surface area contributed by atoms with Gasteiger partial charge in [-0.25, -0.2) is 9.25 Å². The molecule has 1 unspecified atom stereocenters. The van der Waals surface area contributed by atoms with E-state index in [0.29, 0.717) is 64.2 Å². The predicted octanol–water partition coefficient (Wildman–Crippen LogP) is 2.46. The van der Waals surface area contributed by atoms with Crippen molar-refractivity contribution in [2.75, 3.05) is 40.1 Å². The standard InChI is InChI=1S/C23H38N3O8PSi/c1-31-35(28,29)34-14-5-4-9-21-19-26(25-24-21)12-15-33-17-16-32-13-7-11-23(27)20-8-6-10-22(18-20)36(2,3)30/h6,8,10,18-19,30H,4-5,7,9,11-17H2,1-3H3,(H,28,29). The molecule has 0 aliphatic carbocycles. The Balaban J connectivity index is 1.48. The number of carbonyl (C=O) groups excluding carboxylic acids is 1. The summed E-state index contributed by atoms with van der Waals surface area (Å²) in [5.41, 5.74) is 1.47. The van der Waals surface area contributed by atoms with Gasteiger partial charge in [0.2, 0.25) is 8.32 Å². The number of ether oxygens (including phenoxy) is 2. The van der Waals surface area contributed by atoms with Gasteiger partial charge in [0.05, 0.1) is 38.7 Å². The van der Waals surface area contributed by atoms with E-state index in [0.717, 1.165) is 24.4 Å². The highest BCUT2D eigenvalue weighted by Gasteiger charge is 2.21. The molecule has 0 radical (unpaired) electrons. The molecule has 0 amide bonds. The Morgan fingerprint density at radius 3 is 2.56 bits per heavy atom. The Kier molecular flexibility index (Phi) is 13.1. The largest absolute Gasteiger partial charge is 0.471 e. The van der Waals surface area contributed by atoms with Gasteiger partial charge in [-0.1, -0.05) is 23.4 Å². The second-order valence-corrected chi connectivity index (χ2v) is 14.1. The average Bonchev–Trinajstić information content (AvgIpc) is 3.29. The number of unbranched alkanes of at least 4 members (excludes halogenated alkanes) is 1. The predicted molar refractivity (Wildman–Crippen MR) is 137 cm³/mol. The van der Waals surface area contributed by atoms with Crippen molar-refractivity contribution in [3.8, 4) is 0 Å². The zero-order valence-electron chi connectivity index (χ0n) is 21.3. The van der Waals surface area contributed by atoms with Crippen molar-refractivity contribution in [3.05, 3.63) is 41.7 Å². The van der Waals surface area contributed by atoms with E-state index in [9.17, 15) is 14.2 Å². The van der Waals surface area contributed by atoms with Crippen LogP contribution in [0.15, 0.2) is 30.5 Å². The van der Waals surface area contributed by atoms with E-state index in [4.69, 9.17) is 18.9 Å². The molecule has 0 saturated heterocycles. The summed E-state index contributed by atoms with van der Waals surface area (Å²) in [7, 11) is -5.20. The lowest BCUT2D eigenvalue weighted by molar-refractivity contribution is 0.0423. The first kappa shape index (κ1) is 30.5. The second kappa shape index (κ2) is 15.5. The molecule has 0 fully saturated rings. The number of carbonyl (C=O) groups is 1. The van der Waals surface area contributed by atoms with Crippen molar-refractivity contribution < 1.29 is 37.6 Å². The van der Waals surface area contributed by atoms with Gasteiger partial charge in [0.15, 0.2) is 5.78 Å². The van der Waals surface area contributed by atoms with Crippen LogP contribution in [0.5, 0.6) is 0 Å². The van der Waals surface area contributed by atoms with Crippen molar-refractivity contribution in [2.24, 2.45) is 0 Å². The maximum Gasteiger partial charge on any atom is 0.471 e. The van der Waals surface area contributed by atoms with Gasteiger partial charge >= 0.3 is 7.82 Å². The third kappa shape index (κ3) is 12.0. The summed E-state index contributed by atoms with van der Waals surface area (Å²) < 4.78 is 33.1. The van der Waals surface area contributed by atoms with Crippen LogP contribution in [-0.2, 0) is 36.1 Å². The van der Waals surface area contributed by atoms with E-state index < -0.39 is 16.1 Å². The fraction of sp³-hybridized carbons (Fsp3) is 0.609. The fourth-order valence-electron chi connectivity index (χ4n) is 3.24. The average molecular weight is 544 g/mol. The second-order valence-electron chi connectivity index (χ2n) is 8.81. The molecule has 36 heavy (non-hydrogen) atoms. The molecule has 0 aliphatic rings. The van der Waals surface area contributed by atoms with E-state index in [1.807, 2.05) is 31.4 Å². The monoisotopic (exact) mass is 543 g/mol. The van der Waals surface area contributed by atoms with Crippen LogP contribution in [0.25, 0.3) is 0 Å². The zero-order valence-corrected chi connectivity index (χ0v) is 23.2. The SMILES string of the molecule is COP(=O)(O)OCCCCc1cn(CCOCCOCCCC(=O)c2cccc([Si](C)(C)O)c2)nn1. The topological polar surface area (TPSA) is 142 Å². The molecule has 1 atom stereocenters. The number of phosphoric ester groups is 1. The number of phosphoric acid groups is 1. The summed E-state index contributed by atoms with van der Waals surface area (Å²) in [5, 5.41) is 9.02. The maximum atomic E-state index is 12.4. The number of benzene rings is 1. The lowest BCUT2D eigenvalue weighted by Crippen LogP contribution is -2.41. The van der Waals surface area contributed by atoms with E-state index >= 15 is 0 Å². The van der Waals surface area contributed by atoms with Gasteiger partial charge in [-0.15, -0.1) is 5.10 Å². The third-order valence-corrected chi connectivity index (χ3v) is 8.01. The van der Waals surface area contributed by atoms with Gasteiger partial charge < -0.3 is 19.2 Å². The molecule has 11 nitrogen and oxygen atoms in total. The lowest BCUT2D eigenvalue weighted by Gasteiger charge is -2.15. The number of aryl methyl sites for hydroxylation is 1. The highest BCUT2D eigenvalue weighted by molar-refractivity contribution is 7.47. The Morgan fingerprint density at radius 1 is 1.08 bits per heavy atom. The van der Waals surface area contributed by atoms with E-state index in [1.54, 1.807) is 16.8 Å². The Bertz CT molecular complexity index is 982. The van der Waals surface area contributed by atoms with Crippen molar-refractivity contribution in [1.82, 2.24) is 15.0 Å². The highest BCUT2D eigenvalue weighted by atomic mass is 31.2. The maximum absolute atomic E-state index is 12.4. The van der Waals surface area contributed by atoms with Crippen LogP contribution >= 0.6 is 7.82 Å². The van der Waals surface area contributed by atoms with E-state index in [1.165, 1.54) is 0 Å². The highest BCUT2D eigenvalue weighted by Crippen LogP contribution is 2.41. The molecular weight excluding hydrogens is 505 g/mol. The summed E-state index contributed by atoms with van der Waals surface area (Å²) in [6.45, 7) is 6.22. The first-order valence-corrected chi connectivity index (χ1v) is 16.5. The number of rotatable bonds is 19. The number of nitrogens with zero attached hydrogens (tertiary/aromatic N) is 3. The smallest absolute Gasteiger partial charge is 0.428 e.